The molecule has 1 aromatic carbocycles. The molecule has 5 nitrogen and oxygen atoms in total. The number of rotatable bonds is 6. The largest absolute Gasteiger partial charge is 0.307 e. The van der Waals surface area contributed by atoms with Gasteiger partial charge in [-0.25, -0.2) is 9.07 Å². The van der Waals surface area contributed by atoms with Gasteiger partial charge in [0, 0.05) is 31.2 Å². The SMILES string of the molecule is C[C@H](Cn1cccn1)NCc1ccn(-c2cccc(F)c2)n1. The van der Waals surface area contributed by atoms with Crippen molar-refractivity contribution in [1.82, 2.24) is 24.9 Å². The van der Waals surface area contributed by atoms with Crippen molar-refractivity contribution >= 4 is 0 Å². The molecule has 1 atom stereocenters. The molecule has 2 heterocycles. The van der Waals surface area contributed by atoms with Gasteiger partial charge >= 0.3 is 0 Å². The summed E-state index contributed by atoms with van der Waals surface area (Å²) in [4.78, 5) is 0. The van der Waals surface area contributed by atoms with Crippen molar-refractivity contribution in [3.63, 3.8) is 0 Å². The number of aromatic nitrogens is 4. The summed E-state index contributed by atoms with van der Waals surface area (Å²) in [5.41, 5.74) is 1.63. The summed E-state index contributed by atoms with van der Waals surface area (Å²) in [5, 5.41) is 12.0. The fraction of sp³-hybridized carbons (Fsp3) is 0.250. The Morgan fingerprint density at radius 2 is 2.14 bits per heavy atom. The summed E-state index contributed by atoms with van der Waals surface area (Å²) >= 11 is 0. The lowest BCUT2D eigenvalue weighted by Gasteiger charge is -2.12. The first-order chi connectivity index (χ1) is 10.7. The number of hydrogen-bond acceptors (Lipinski definition) is 3. The van der Waals surface area contributed by atoms with E-state index in [1.165, 1.54) is 12.1 Å². The molecule has 2 aromatic heterocycles. The highest BCUT2D eigenvalue weighted by Crippen LogP contribution is 2.09. The Hall–Kier alpha value is -2.47. The van der Waals surface area contributed by atoms with Gasteiger partial charge in [0.15, 0.2) is 0 Å². The zero-order chi connectivity index (χ0) is 15.4. The Kier molecular flexibility index (Phi) is 4.29. The lowest BCUT2D eigenvalue weighted by Crippen LogP contribution is -2.30. The van der Waals surface area contributed by atoms with Crippen molar-refractivity contribution < 1.29 is 4.39 Å². The fourth-order valence-corrected chi connectivity index (χ4v) is 2.25. The maximum atomic E-state index is 13.2. The molecule has 0 radical (unpaired) electrons. The zero-order valence-electron chi connectivity index (χ0n) is 12.4. The van der Waals surface area contributed by atoms with Crippen molar-refractivity contribution in [2.75, 3.05) is 0 Å². The van der Waals surface area contributed by atoms with Crippen molar-refractivity contribution in [3.05, 3.63) is 66.5 Å². The van der Waals surface area contributed by atoms with Crippen LogP contribution in [0, 0.1) is 5.82 Å². The molecule has 6 heteroatoms. The monoisotopic (exact) mass is 299 g/mol. The highest BCUT2D eigenvalue weighted by molar-refractivity contribution is 5.31. The van der Waals surface area contributed by atoms with Gasteiger partial charge in [0.25, 0.3) is 0 Å². The third-order valence-electron chi connectivity index (χ3n) is 3.37. The predicted octanol–water partition coefficient (Wildman–Crippen LogP) is 2.39. The highest BCUT2D eigenvalue weighted by Gasteiger charge is 2.06. The van der Waals surface area contributed by atoms with E-state index in [9.17, 15) is 4.39 Å². The molecule has 0 spiro atoms. The van der Waals surface area contributed by atoms with Crippen LogP contribution < -0.4 is 5.32 Å². The van der Waals surface area contributed by atoms with Crippen molar-refractivity contribution in [2.24, 2.45) is 0 Å². The first-order valence-electron chi connectivity index (χ1n) is 7.22. The maximum Gasteiger partial charge on any atom is 0.125 e. The molecular formula is C16H18FN5. The molecule has 0 saturated heterocycles. The normalized spacial score (nSPS) is 12.5. The van der Waals surface area contributed by atoms with E-state index in [1.54, 1.807) is 16.9 Å². The van der Waals surface area contributed by atoms with Gasteiger partial charge in [-0.1, -0.05) is 6.07 Å². The molecule has 0 bridgehead atoms. The Balaban J connectivity index is 1.58. The summed E-state index contributed by atoms with van der Waals surface area (Å²) in [6.45, 7) is 3.56. The number of halogens is 1. The van der Waals surface area contributed by atoms with Crippen LogP contribution in [-0.4, -0.2) is 25.6 Å². The standard InChI is InChI=1S/C16H18FN5/c1-13(12-21-8-3-7-19-21)18-11-15-6-9-22(20-15)16-5-2-4-14(17)10-16/h2-10,13,18H,11-12H2,1H3/t13-/m1/s1. The van der Waals surface area contributed by atoms with E-state index in [0.29, 0.717) is 6.54 Å². The molecule has 1 N–H and O–H groups in total. The van der Waals surface area contributed by atoms with Gasteiger partial charge in [-0.05, 0) is 37.3 Å². The van der Waals surface area contributed by atoms with E-state index >= 15 is 0 Å². The Morgan fingerprint density at radius 1 is 1.23 bits per heavy atom. The molecule has 22 heavy (non-hydrogen) atoms. The van der Waals surface area contributed by atoms with Crippen LogP contribution in [0.2, 0.25) is 0 Å². The molecular weight excluding hydrogens is 281 g/mol. The van der Waals surface area contributed by atoms with E-state index in [4.69, 9.17) is 0 Å². The Bertz CT molecular complexity index is 720. The van der Waals surface area contributed by atoms with Crippen LogP contribution in [0.15, 0.2) is 55.0 Å². The molecule has 0 amide bonds. The van der Waals surface area contributed by atoms with Gasteiger partial charge in [0.1, 0.15) is 5.82 Å². The molecule has 0 aliphatic rings. The predicted molar refractivity (Wildman–Crippen MR) is 82.1 cm³/mol. The van der Waals surface area contributed by atoms with E-state index in [-0.39, 0.29) is 11.9 Å². The van der Waals surface area contributed by atoms with Crippen molar-refractivity contribution in [3.8, 4) is 5.69 Å². The average molecular weight is 299 g/mol. The molecule has 0 fully saturated rings. The number of nitrogens with zero attached hydrogens (tertiary/aromatic N) is 4. The van der Waals surface area contributed by atoms with Gasteiger partial charge < -0.3 is 5.32 Å². The molecule has 0 saturated carbocycles. The summed E-state index contributed by atoms with van der Waals surface area (Å²) in [7, 11) is 0. The Morgan fingerprint density at radius 3 is 2.91 bits per heavy atom. The second-order valence-corrected chi connectivity index (χ2v) is 5.24. The van der Waals surface area contributed by atoms with Crippen LogP contribution in [0.4, 0.5) is 4.39 Å². The van der Waals surface area contributed by atoms with Crippen molar-refractivity contribution in [2.45, 2.75) is 26.1 Å². The second-order valence-electron chi connectivity index (χ2n) is 5.24. The topological polar surface area (TPSA) is 47.7 Å². The molecule has 0 aliphatic heterocycles. The van der Waals surface area contributed by atoms with Gasteiger partial charge in [-0.15, -0.1) is 0 Å². The van der Waals surface area contributed by atoms with E-state index in [2.05, 4.69) is 22.4 Å². The van der Waals surface area contributed by atoms with Gasteiger partial charge in [0.05, 0.1) is 17.9 Å². The first-order valence-corrected chi connectivity index (χ1v) is 7.22. The minimum atomic E-state index is -0.263. The van der Waals surface area contributed by atoms with E-state index in [0.717, 1.165) is 17.9 Å². The summed E-state index contributed by atoms with van der Waals surface area (Å²) in [6.07, 6.45) is 5.55. The number of nitrogens with one attached hydrogen (secondary N) is 1. The third-order valence-corrected chi connectivity index (χ3v) is 3.37. The first kappa shape index (κ1) is 14.5. The van der Waals surface area contributed by atoms with Crippen LogP contribution in [0.1, 0.15) is 12.6 Å². The minimum Gasteiger partial charge on any atom is -0.307 e. The Labute approximate surface area is 128 Å². The molecule has 0 aliphatic carbocycles. The maximum absolute atomic E-state index is 13.2. The van der Waals surface area contributed by atoms with Crippen LogP contribution in [0.25, 0.3) is 5.69 Å². The lowest BCUT2D eigenvalue weighted by molar-refractivity contribution is 0.448. The third kappa shape index (κ3) is 3.59. The van der Waals surface area contributed by atoms with Crippen LogP contribution in [0.5, 0.6) is 0 Å². The second kappa shape index (κ2) is 6.53. The summed E-state index contributed by atoms with van der Waals surface area (Å²) in [5.74, 6) is -0.263. The summed E-state index contributed by atoms with van der Waals surface area (Å²) < 4.78 is 16.8. The van der Waals surface area contributed by atoms with Crippen LogP contribution in [-0.2, 0) is 13.1 Å². The van der Waals surface area contributed by atoms with E-state index in [1.807, 2.05) is 35.3 Å². The van der Waals surface area contributed by atoms with Gasteiger partial charge in [-0.2, -0.15) is 10.2 Å². The van der Waals surface area contributed by atoms with E-state index < -0.39 is 0 Å². The van der Waals surface area contributed by atoms with Gasteiger partial charge in [0.2, 0.25) is 0 Å². The molecule has 114 valence electrons. The van der Waals surface area contributed by atoms with Crippen LogP contribution >= 0.6 is 0 Å². The minimum absolute atomic E-state index is 0.263. The summed E-state index contributed by atoms with van der Waals surface area (Å²) in [6, 6.07) is 10.5. The fourth-order valence-electron chi connectivity index (χ4n) is 2.25. The van der Waals surface area contributed by atoms with Crippen molar-refractivity contribution in [1.29, 1.82) is 0 Å². The quantitative estimate of drug-likeness (QED) is 0.760. The highest BCUT2D eigenvalue weighted by atomic mass is 19.1. The number of benzene rings is 1. The molecule has 3 aromatic rings. The number of hydrogen-bond donors (Lipinski definition) is 1. The zero-order valence-corrected chi connectivity index (χ0v) is 12.4. The lowest BCUT2D eigenvalue weighted by atomic mass is 10.3. The van der Waals surface area contributed by atoms with Crippen LogP contribution in [0.3, 0.4) is 0 Å². The van der Waals surface area contributed by atoms with Gasteiger partial charge in [-0.3, -0.25) is 4.68 Å². The smallest absolute Gasteiger partial charge is 0.125 e. The molecule has 3 rings (SSSR count). The average Bonchev–Trinajstić information content (AvgIpc) is 3.16. The molecule has 0 unspecified atom stereocenters.